The normalized spacial score (nSPS) is 11.9. The summed E-state index contributed by atoms with van der Waals surface area (Å²) in [6.45, 7) is 7.02. The summed E-state index contributed by atoms with van der Waals surface area (Å²) in [4.78, 5) is 9.24. The van der Waals surface area contributed by atoms with E-state index < -0.39 is 5.97 Å². The quantitative estimate of drug-likeness (QED) is 0.685. The predicted molar refractivity (Wildman–Crippen MR) is 67.9 cm³/mol. The molecular formula is C12H25ClO3. The Morgan fingerprint density at radius 1 is 1.31 bits per heavy atom. The smallest absolute Gasteiger partial charge is 0.318 e. The standard InChI is InChI=1S/C10H22O.C2H3ClO2/c1-4-10(8-11)7-5-6-9(2)3;3-1-2(4)5/h9-11H,4-8H2,1-3H3;1H2,(H,4,5). The average molecular weight is 253 g/mol. The fourth-order valence-electron chi connectivity index (χ4n) is 1.24. The molecular weight excluding hydrogens is 228 g/mol. The number of aliphatic hydroxyl groups excluding tert-OH is 1. The van der Waals surface area contributed by atoms with E-state index in [1.54, 1.807) is 0 Å². The van der Waals surface area contributed by atoms with Gasteiger partial charge in [-0.25, -0.2) is 0 Å². The highest BCUT2D eigenvalue weighted by atomic mass is 35.5. The lowest BCUT2D eigenvalue weighted by atomic mass is 9.97. The van der Waals surface area contributed by atoms with Crippen LogP contribution in [-0.4, -0.2) is 28.7 Å². The highest BCUT2D eigenvalue weighted by Crippen LogP contribution is 2.14. The molecule has 0 aromatic rings. The Bertz CT molecular complexity index is 156. The van der Waals surface area contributed by atoms with E-state index in [1.807, 2.05) is 0 Å². The van der Waals surface area contributed by atoms with Crippen molar-refractivity contribution in [2.75, 3.05) is 12.5 Å². The van der Waals surface area contributed by atoms with Crippen molar-refractivity contribution in [3.63, 3.8) is 0 Å². The van der Waals surface area contributed by atoms with Crippen molar-refractivity contribution in [2.24, 2.45) is 11.8 Å². The van der Waals surface area contributed by atoms with Crippen LogP contribution >= 0.6 is 11.6 Å². The molecule has 0 aliphatic carbocycles. The van der Waals surface area contributed by atoms with Crippen molar-refractivity contribution < 1.29 is 15.0 Å². The molecule has 2 N–H and O–H groups in total. The summed E-state index contributed by atoms with van der Waals surface area (Å²) in [5.74, 6) is 0.0756. The predicted octanol–water partition coefficient (Wildman–Crippen LogP) is 3.14. The molecule has 16 heavy (non-hydrogen) atoms. The van der Waals surface area contributed by atoms with Crippen LogP contribution in [0.1, 0.15) is 46.5 Å². The largest absolute Gasteiger partial charge is 0.480 e. The Balaban J connectivity index is 0. The van der Waals surface area contributed by atoms with E-state index in [0.717, 1.165) is 12.3 Å². The highest BCUT2D eigenvalue weighted by Gasteiger charge is 2.04. The van der Waals surface area contributed by atoms with Gasteiger partial charge < -0.3 is 10.2 Å². The summed E-state index contributed by atoms with van der Waals surface area (Å²) in [6.07, 6.45) is 4.90. The van der Waals surface area contributed by atoms with Gasteiger partial charge in [-0.2, -0.15) is 0 Å². The first-order valence-electron chi connectivity index (χ1n) is 5.86. The van der Waals surface area contributed by atoms with Gasteiger partial charge in [-0.05, 0) is 18.3 Å². The Morgan fingerprint density at radius 3 is 2.06 bits per heavy atom. The second kappa shape index (κ2) is 12.8. The minimum absolute atomic E-state index is 0.306. The van der Waals surface area contributed by atoms with Gasteiger partial charge in [0.1, 0.15) is 5.88 Å². The Kier molecular flexibility index (Phi) is 14.5. The van der Waals surface area contributed by atoms with Gasteiger partial charge in [-0.3, -0.25) is 4.79 Å². The number of halogens is 1. The van der Waals surface area contributed by atoms with Crippen LogP contribution in [0.15, 0.2) is 0 Å². The van der Waals surface area contributed by atoms with Crippen molar-refractivity contribution in [1.29, 1.82) is 0 Å². The van der Waals surface area contributed by atoms with Gasteiger partial charge in [-0.1, -0.05) is 40.0 Å². The maximum Gasteiger partial charge on any atom is 0.318 e. The molecule has 3 nitrogen and oxygen atoms in total. The van der Waals surface area contributed by atoms with Gasteiger partial charge >= 0.3 is 5.97 Å². The van der Waals surface area contributed by atoms with E-state index in [0.29, 0.717) is 12.5 Å². The number of aliphatic carboxylic acids is 1. The van der Waals surface area contributed by atoms with E-state index in [9.17, 15) is 4.79 Å². The van der Waals surface area contributed by atoms with E-state index in [4.69, 9.17) is 21.8 Å². The third-order valence-electron chi connectivity index (χ3n) is 2.34. The highest BCUT2D eigenvalue weighted by molar-refractivity contribution is 6.26. The molecule has 0 radical (unpaired) electrons. The molecule has 0 rings (SSSR count). The third-order valence-corrected chi connectivity index (χ3v) is 2.57. The molecule has 1 unspecified atom stereocenters. The number of aliphatic hydroxyl groups is 1. The fraction of sp³-hybridized carbons (Fsp3) is 0.917. The number of carboxylic acid groups (broad SMARTS) is 1. The lowest BCUT2D eigenvalue weighted by Crippen LogP contribution is -2.04. The topological polar surface area (TPSA) is 57.5 Å². The zero-order chi connectivity index (χ0) is 13.0. The van der Waals surface area contributed by atoms with Gasteiger partial charge in [-0.15, -0.1) is 11.6 Å². The second-order valence-electron chi connectivity index (χ2n) is 4.31. The number of hydrogen-bond donors (Lipinski definition) is 2. The van der Waals surface area contributed by atoms with Crippen LogP contribution in [0.25, 0.3) is 0 Å². The van der Waals surface area contributed by atoms with Crippen molar-refractivity contribution in [3.05, 3.63) is 0 Å². The molecule has 0 spiro atoms. The first kappa shape index (κ1) is 18.1. The molecule has 0 saturated heterocycles. The molecule has 0 amide bonds. The van der Waals surface area contributed by atoms with Crippen molar-refractivity contribution in [2.45, 2.75) is 46.5 Å². The van der Waals surface area contributed by atoms with Crippen molar-refractivity contribution in [3.8, 4) is 0 Å². The Labute approximate surface area is 104 Å². The van der Waals surface area contributed by atoms with Gasteiger partial charge in [0.05, 0.1) is 0 Å². The van der Waals surface area contributed by atoms with Crippen molar-refractivity contribution in [1.82, 2.24) is 0 Å². The summed E-state index contributed by atoms with van der Waals surface area (Å²) in [6, 6.07) is 0. The zero-order valence-electron chi connectivity index (χ0n) is 10.6. The first-order chi connectivity index (χ1) is 7.47. The Morgan fingerprint density at radius 2 is 1.81 bits per heavy atom. The summed E-state index contributed by atoms with van der Waals surface area (Å²) >= 11 is 4.74. The SMILES string of the molecule is CCC(CO)CCCC(C)C.O=C(O)CCl. The van der Waals surface area contributed by atoms with Crippen LogP contribution in [0.2, 0.25) is 0 Å². The van der Waals surface area contributed by atoms with Crippen LogP contribution in [0.4, 0.5) is 0 Å². The first-order valence-corrected chi connectivity index (χ1v) is 6.39. The average Bonchev–Trinajstić information content (AvgIpc) is 2.25. The molecule has 1 atom stereocenters. The Hall–Kier alpha value is -0.280. The summed E-state index contributed by atoms with van der Waals surface area (Å²) in [5, 5.41) is 16.5. The molecule has 0 aromatic carbocycles. The lowest BCUT2D eigenvalue weighted by molar-refractivity contribution is -0.134. The van der Waals surface area contributed by atoms with E-state index in [-0.39, 0.29) is 5.88 Å². The molecule has 0 aliphatic rings. The number of rotatable bonds is 7. The van der Waals surface area contributed by atoms with Crippen LogP contribution in [0, 0.1) is 11.8 Å². The van der Waals surface area contributed by atoms with Gasteiger partial charge in [0.25, 0.3) is 0 Å². The summed E-state index contributed by atoms with van der Waals surface area (Å²) in [7, 11) is 0. The number of hydrogen-bond acceptors (Lipinski definition) is 2. The van der Waals surface area contributed by atoms with Crippen LogP contribution in [0.5, 0.6) is 0 Å². The summed E-state index contributed by atoms with van der Waals surface area (Å²) < 4.78 is 0. The molecule has 98 valence electrons. The zero-order valence-corrected chi connectivity index (χ0v) is 11.3. The molecule has 0 saturated carbocycles. The number of alkyl halides is 1. The van der Waals surface area contributed by atoms with E-state index in [1.165, 1.54) is 19.3 Å². The van der Waals surface area contributed by atoms with Crippen LogP contribution < -0.4 is 0 Å². The van der Waals surface area contributed by atoms with Gasteiger partial charge in [0.2, 0.25) is 0 Å². The maximum absolute atomic E-state index is 9.24. The lowest BCUT2D eigenvalue weighted by Gasteiger charge is -2.11. The van der Waals surface area contributed by atoms with E-state index in [2.05, 4.69) is 20.8 Å². The number of carboxylic acids is 1. The molecule has 0 aliphatic heterocycles. The summed E-state index contributed by atoms with van der Waals surface area (Å²) in [5.41, 5.74) is 0. The molecule has 0 fully saturated rings. The molecule has 0 bridgehead atoms. The van der Waals surface area contributed by atoms with Gasteiger partial charge in [0, 0.05) is 6.61 Å². The minimum Gasteiger partial charge on any atom is -0.480 e. The third kappa shape index (κ3) is 16.2. The van der Waals surface area contributed by atoms with Crippen LogP contribution in [0.3, 0.4) is 0 Å². The molecule has 0 heterocycles. The fourth-order valence-corrected chi connectivity index (χ4v) is 1.24. The monoisotopic (exact) mass is 252 g/mol. The second-order valence-corrected chi connectivity index (χ2v) is 4.58. The number of carbonyl (C=O) groups is 1. The molecule has 0 aromatic heterocycles. The minimum atomic E-state index is -0.980. The van der Waals surface area contributed by atoms with E-state index >= 15 is 0 Å². The van der Waals surface area contributed by atoms with Gasteiger partial charge in [0.15, 0.2) is 0 Å². The molecule has 4 heteroatoms. The maximum atomic E-state index is 9.24. The van der Waals surface area contributed by atoms with Crippen LogP contribution in [-0.2, 0) is 4.79 Å². The van der Waals surface area contributed by atoms with Crippen molar-refractivity contribution >= 4 is 17.6 Å².